The van der Waals surface area contributed by atoms with Gasteiger partial charge in [-0.2, -0.15) is 0 Å². The molecule has 0 aliphatic rings. The van der Waals surface area contributed by atoms with Crippen LogP contribution in [0, 0.1) is 0 Å². The summed E-state index contributed by atoms with van der Waals surface area (Å²) in [4.78, 5) is 0. The summed E-state index contributed by atoms with van der Waals surface area (Å²) >= 11 is 0. The van der Waals surface area contributed by atoms with Gasteiger partial charge in [0.2, 0.25) is 0 Å². The van der Waals surface area contributed by atoms with Crippen molar-refractivity contribution in [3.8, 4) is 5.75 Å². The first-order chi connectivity index (χ1) is 6.38. The van der Waals surface area contributed by atoms with Gasteiger partial charge in [-0.05, 0) is 38.0 Å². The summed E-state index contributed by atoms with van der Waals surface area (Å²) < 4.78 is 0. The van der Waals surface area contributed by atoms with Gasteiger partial charge in [0, 0.05) is 11.6 Å². The summed E-state index contributed by atoms with van der Waals surface area (Å²) in [6, 6.07) is 6.85. The summed E-state index contributed by atoms with van der Waals surface area (Å²) in [5, 5.41) is 9.11. The number of rotatable bonds is 3. The van der Waals surface area contributed by atoms with Crippen LogP contribution in [-0.2, 0) is 0 Å². The Labute approximate surface area is 84.7 Å². The molecule has 0 heterocycles. The Hall–Kier alpha value is -1.06. The minimum absolute atomic E-state index is 0.0735. The van der Waals surface area contributed by atoms with Crippen LogP contribution in [0.5, 0.6) is 5.75 Å². The van der Waals surface area contributed by atoms with Crippen LogP contribution < -0.4 is 11.5 Å². The molecule has 0 fully saturated rings. The van der Waals surface area contributed by atoms with Gasteiger partial charge in [-0.1, -0.05) is 12.1 Å². The van der Waals surface area contributed by atoms with Crippen molar-refractivity contribution in [2.75, 3.05) is 0 Å². The van der Waals surface area contributed by atoms with Gasteiger partial charge in [0.25, 0.3) is 0 Å². The van der Waals surface area contributed by atoms with Crippen LogP contribution >= 0.6 is 0 Å². The van der Waals surface area contributed by atoms with Crippen LogP contribution in [0.3, 0.4) is 0 Å². The van der Waals surface area contributed by atoms with E-state index in [1.165, 1.54) is 0 Å². The average molecular weight is 194 g/mol. The van der Waals surface area contributed by atoms with Gasteiger partial charge in [-0.25, -0.2) is 0 Å². The van der Waals surface area contributed by atoms with E-state index >= 15 is 0 Å². The first-order valence-electron chi connectivity index (χ1n) is 4.72. The zero-order valence-electron chi connectivity index (χ0n) is 8.70. The van der Waals surface area contributed by atoms with Crippen molar-refractivity contribution in [2.45, 2.75) is 31.8 Å². The molecule has 14 heavy (non-hydrogen) atoms. The summed E-state index contributed by atoms with van der Waals surface area (Å²) in [6.07, 6.45) is 0.720. The highest BCUT2D eigenvalue weighted by Gasteiger charge is 2.17. The highest BCUT2D eigenvalue weighted by molar-refractivity contribution is 5.28. The van der Waals surface area contributed by atoms with Gasteiger partial charge < -0.3 is 16.6 Å². The van der Waals surface area contributed by atoms with Crippen molar-refractivity contribution in [3.05, 3.63) is 29.8 Å². The minimum Gasteiger partial charge on any atom is -0.508 e. The average Bonchev–Trinajstić information content (AvgIpc) is 2.02. The van der Waals surface area contributed by atoms with Gasteiger partial charge in [-0.3, -0.25) is 0 Å². The molecule has 0 spiro atoms. The molecule has 1 aromatic rings. The van der Waals surface area contributed by atoms with Gasteiger partial charge >= 0.3 is 0 Å². The van der Waals surface area contributed by atoms with Gasteiger partial charge in [0.15, 0.2) is 0 Å². The van der Waals surface area contributed by atoms with E-state index < -0.39 is 0 Å². The minimum atomic E-state index is -0.267. The maximum absolute atomic E-state index is 9.11. The predicted octanol–water partition coefficient (Wildman–Crippen LogP) is 1.52. The van der Waals surface area contributed by atoms with Crippen molar-refractivity contribution in [2.24, 2.45) is 11.5 Å². The lowest BCUT2D eigenvalue weighted by molar-refractivity contribution is 0.428. The first kappa shape index (κ1) is 11.0. The third-order valence-electron chi connectivity index (χ3n) is 2.07. The second-order valence-electron chi connectivity index (χ2n) is 4.39. The zero-order chi connectivity index (χ0) is 10.8. The monoisotopic (exact) mass is 194 g/mol. The van der Waals surface area contributed by atoms with E-state index in [0.29, 0.717) is 0 Å². The Morgan fingerprint density at radius 2 is 1.79 bits per heavy atom. The molecule has 1 atom stereocenters. The van der Waals surface area contributed by atoms with Crippen molar-refractivity contribution >= 4 is 0 Å². The Kier molecular flexibility index (Phi) is 3.13. The van der Waals surface area contributed by atoms with Crippen LogP contribution in [0.4, 0.5) is 0 Å². The third kappa shape index (κ3) is 3.36. The molecule has 3 nitrogen and oxygen atoms in total. The molecule has 1 unspecified atom stereocenters. The summed E-state index contributed by atoms with van der Waals surface area (Å²) in [5.41, 5.74) is 12.6. The summed E-state index contributed by atoms with van der Waals surface area (Å²) in [5.74, 6) is 0.257. The second-order valence-corrected chi connectivity index (χ2v) is 4.39. The highest BCUT2D eigenvalue weighted by atomic mass is 16.3. The fourth-order valence-corrected chi connectivity index (χ4v) is 1.41. The molecule has 0 saturated carbocycles. The zero-order valence-corrected chi connectivity index (χ0v) is 8.70. The van der Waals surface area contributed by atoms with E-state index in [9.17, 15) is 0 Å². The number of hydrogen-bond donors (Lipinski definition) is 3. The quantitative estimate of drug-likeness (QED) is 0.683. The first-order valence-corrected chi connectivity index (χ1v) is 4.72. The molecule has 78 valence electrons. The number of aromatic hydroxyl groups is 1. The van der Waals surface area contributed by atoms with Crippen LogP contribution in [0.25, 0.3) is 0 Å². The number of hydrogen-bond acceptors (Lipinski definition) is 3. The fourth-order valence-electron chi connectivity index (χ4n) is 1.41. The molecule has 0 amide bonds. The SMILES string of the molecule is CC(C)(N)CC(N)c1ccc(O)cc1. The number of nitrogens with two attached hydrogens (primary N) is 2. The molecule has 0 saturated heterocycles. The van der Waals surface area contributed by atoms with E-state index in [1.807, 2.05) is 26.0 Å². The van der Waals surface area contributed by atoms with E-state index in [1.54, 1.807) is 12.1 Å². The molecule has 1 rings (SSSR count). The van der Waals surface area contributed by atoms with Crippen LogP contribution in [0.15, 0.2) is 24.3 Å². The van der Waals surface area contributed by atoms with E-state index in [-0.39, 0.29) is 17.3 Å². The summed E-state index contributed by atoms with van der Waals surface area (Å²) in [7, 11) is 0. The van der Waals surface area contributed by atoms with Crippen molar-refractivity contribution in [1.29, 1.82) is 0 Å². The number of phenolic OH excluding ortho intramolecular Hbond substituents is 1. The summed E-state index contributed by atoms with van der Waals surface area (Å²) in [6.45, 7) is 3.90. The molecule has 0 aliphatic carbocycles. The largest absolute Gasteiger partial charge is 0.508 e. The number of benzene rings is 1. The van der Waals surface area contributed by atoms with Crippen molar-refractivity contribution in [3.63, 3.8) is 0 Å². The topological polar surface area (TPSA) is 72.3 Å². The van der Waals surface area contributed by atoms with E-state index in [4.69, 9.17) is 16.6 Å². The molecule has 1 aromatic carbocycles. The molecule has 0 aliphatic heterocycles. The van der Waals surface area contributed by atoms with Crippen molar-refractivity contribution < 1.29 is 5.11 Å². The van der Waals surface area contributed by atoms with Gasteiger partial charge in [-0.15, -0.1) is 0 Å². The van der Waals surface area contributed by atoms with E-state index in [0.717, 1.165) is 12.0 Å². The maximum Gasteiger partial charge on any atom is 0.115 e. The lowest BCUT2D eigenvalue weighted by Gasteiger charge is -2.23. The Morgan fingerprint density at radius 1 is 1.29 bits per heavy atom. The molecular weight excluding hydrogens is 176 g/mol. The van der Waals surface area contributed by atoms with Crippen molar-refractivity contribution in [1.82, 2.24) is 0 Å². The standard InChI is InChI=1S/C11H18N2O/c1-11(2,13)7-10(12)8-3-5-9(14)6-4-8/h3-6,10,14H,7,12-13H2,1-2H3. The smallest absolute Gasteiger partial charge is 0.115 e. The van der Waals surface area contributed by atoms with Gasteiger partial charge in [0.05, 0.1) is 0 Å². The molecule has 3 heteroatoms. The predicted molar refractivity (Wildman–Crippen MR) is 57.9 cm³/mol. The van der Waals surface area contributed by atoms with Crippen LogP contribution in [0.2, 0.25) is 0 Å². The van der Waals surface area contributed by atoms with Gasteiger partial charge in [0.1, 0.15) is 5.75 Å². The number of phenols is 1. The van der Waals surface area contributed by atoms with E-state index in [2.05, 4.69) is 0 Å². The molecule has 0 aromatic heterocycles. The van der Waals surface area contributed by atoms with Crippen LogP contribution in [0.1, 0.15) is 31.9 Å². The molecule has 0 radical (unpaired) electrons. The maximum atomic E-state index is 9.11. The Balaban J connectivity index is 2.70. The lowest BCUT2D eigenvalue weighted by Crippen LogP contribution is -2.35. The highest BCUT2D eigenvalue weighted by Crippen LogP contribution is 2.21. The lowest BCUT2D eigenvalue weighted by atomic mass is 9.93. The second kappa shape index (κ2) is 3.98. The molecule has 0 bridgehead atoms. The molecule has 5 N–H and O–H groups in total. The molecular formula is C11H18N2O. The fraction of sp³-hybridized carbons (Fsp3) is 0.455. The Bertz CT molecular complexity index is 287. The third-order valence-corrected chi connectivity index (χ3v) is 2.07. The Morgan fingerprint density at radius 3 is 2.21 bits per heavy atom. The van der Waals surface area contributed by atoms with Crippen LogP contribution in [-0.4, -0.2) is 10.6 Å². The normalized spacial score (nSPS) is 14.0.